The number of nitrogens with two attached hydrogens (primary N) is 1. The molecule has 1 aromatic carbocycles. The van der Waals surface area contributed by atoms with E-state index in [0.717, 1.165) is 11.3 Å². The van der Waals surface area contributed by atoms with Crippen molar-refractivity contribution in [3.05, 3.63) is 64.0 Å². The number of aromatic nitrogens is 1. The molecular formula is C14H16N4O2. The van der Waals surface area contributed by atoms with Crippen LogP contribution in [0.5, 0.6) is 0 Å². The Labute approximate surface area is 117 Å². The number of nitrogen functional groups attached to an aromatic ring is 1. The normalized spacial score (nSPS) is 10.7. The highest BCUT2D eigenvalue weighted by Crippen LogP contribution is 2.23. The fraction of sp³-hybridized carbons (Fsp3) is 0.214. The number of nitrogens with zero attached hydrogens (tertiary/aromatic N) is 3. The molecule has 1 heterocycles. The van der Waals surface area contributed by atoms with Crippen LogP contribution in [0, 0.1) is 10.1 Å². The topological polar surface area (TPSA) is 85.3 Å². The van der Waals surface area contributed by atoms with Crippen molar-refractivity contribution in [2.75, 3.05) is 12.8 Å². The molecule has 2 aromatic rings. The van der Waals surface area contributed by atoms with Crippen LogP contribution >= 0.6 is 0 Å². The van der Waals surface area contributed by atoms with Crippen molar-refractivity contribution in [2.24, 2.45) is 0 Å². The highest BCUT2D eigenvalue weighted by atomic mass is 16.6. The summed E-state index contributed by atoms with van der Waals surface area (Å²) in [5.41, 5.74) is 7.53. The van der Waals surface area contributed by atoms with E-state index in [-0.39, 0.29) is 11.4 Å². The summed E-state index contributed by atoms with van der Waals surface area (Å²) in [4.78, 5) is 16.7. The van der Waals surface area contributed by atoms with Crippen LogP contribution in [0.2, 0.25) is 0 Å². The Hall–Kier alpha value is -2.47. The monoisotopic (exact) mass is 272 g/mol. The van der Waals surface area contributed by atoms with Gasteiger partial charge >= 0.3 is 0 Å². The summed E-state index contributed by atoms with van der Waals surface area (Å²) < 4.78 is 0. The molecule has 0 radical (unpaired) electrons. The molecule has 0 saturated carbocycles. The van der Waals surface area contributed by atoms with Gasteiger partial charge in [-0.3, -0.25) is 20.0 Å². The molecule has 0 aliphatic rings. The molecule has 0 amide bonds. The summed E-state index contributed by atoms with van der Waals surface area (Å²) in [7, 11) is 1.94. The van der Waals surface area contributed by atoms with Crippen LogP contribution in [0.4, 0.5) is 11.4 Å². The van der Waals surface area contributed by atoms with Crippen LogP contribution < -0.4 is 5.73 Å². The number of rotatable bonds is 5. The van der Waals surface area contributed by atoms with Gasteiger partial charge in [0.25, 0.3) is 5.69 Å². The van der Waals surface area contributed by atoms with Crippen molar-refractivity contribution in [2.45, 2.75) is 13.1 Å². The molecule has 2 rings (SSSR count). The minimum absolute atomic E-state index is 0.0475. The van der Waals surface area contributed by atoms with Crippen LogP contribution in [-0.4, -0.2) is 21.9 Å². The molecule has 0 atom stereocenters. The van der Waals surface area contributed by atoms with Crippen molar-refractivity contribution in [1.29, 1.82) is 0 Å². The third kappa shape index (κ3) is 3.52. The summed E-state index contributed by atoms with van der Waals surface area (Å²) >= 11 is 0. The van der Waals surface area contributed by atoms with Crippen LogP contribution in [0.3, 0.4) is 0 Å². The lowest BCUT2D eigenvalue weighted by atomic mass is 10.1. The molecule has 0 spiro atoms. The highest BCUT2D eigenvalue weighted by molar-refractivity contribution is 5.59. The quantitative estimate of drug-likeness (QED) is 0.512. The van der Waals surface area contributed by atoms with Gasteiger partial charge in [0.15, 0.2) is 0 Å². The molecule has 20 heavy (non-hydrogen) atoms. The average Bonchev–Trinajstić information content (AvgIpc) is 2.41. The molecule has 6 nitrogen and oxygen atoms in total. The van der Waals surface area contributed by atoms with Gasteiger partial charge in [-0.1, -0.05) is 12.1 Å². The molecule has 104 valence electrons. The predicted octanol–water partition coefficient (Wildman–Crippen LogP) is 2.20. The Morgan fingerprint density at radius 3 is 2.75 bits per heavy atom. The Morgan fingerprint density at radius 1 is 1.30 bits per heavy atom. The maximum Gasteiger partial charge on any atom is 0.292 e. The van der Waals surface area contributed by atoms with E-state index in [1.807, 2.05) is 30.1 Å². The molecule has 0 bridgehead atoms. The van der Waals surface area contributed by atoms with E-state index in [4.69, 9.17) is 5.73 Å². The number of hydrogen-bond acceptors (Lipinski definition) is 5. The standard InChI is InChI=1S/C14H16N4O2/c1-17(10-12-4-2-3-7-16-12)9-11-5-6-13(15)14(8-11)18(19)20/h2-8H,9-10,15H2,1H3. The fourth-order valence-electron chi connectivity index (χ4n) is 1.98. The molecule has 0 aliphatic carbocycles. The third-order valence-corrected chi connectivity index (χ3v) is 2.90. The van der Waals surface area contributed by atoms with Gasteiger partial charge in [0.1, 0.15) is 5.69 Å². The number of nitro groups is 1. The smallest absolute Gasteiger partial charge is 0.292 e. The van der Waals surface area contributed by atoms with Gasteiger partial charge in [0, 0.05) is 25.4 Å². The van der Waals surface area contributed by atoms with Gasteiger partial charge in [-0.15, -0.1) is 0 Å². The van der Waals surface area contributed by atoms with Crippen molar-refractivity contribution < 1.29 is 4.92 Å². The first kappa shape index (κ1) is 14.0. The fourth-order valence-corrected chi connectivity index (χ4v) is 1.98. The van der Waals surface area contributed by atoms with E-state index in [0.29, 0.717) is 13.1 Å². The average molecular weight is 272 g/mol. The van der Waals surface area contributed by atoms with Gasteiger partial charge in [0.05, 0.1) is 10.6 Å². The van der Waals surface area contributed by atoms with Crippen molar-refractivity contribution >= 4 is 11.4 Å². The van der Waals surface area contributed by atoms with Gasteiger partial charge in [-0.2, -0.15) is 0 Å². The van der Waals surface area contributed by atoms with E-state index < -0.39 is 4.92 Å². The van der Waals surface area contributed by atoms with Crippen LogP contribution in [-0.2, 0) is 13.1 Å². The van der Waals surface area contributed by atoms with Gasteiger partial charge in [0.2, 0.25) is 0 Å². The Kier molecular flexibility index (Phi) is 4.27. The van der Waals surface area contributed by atoms with E-state index >= 15 is 0 Å². The number of hydrogen-bond donors (Lipinski definition) is 1. The largest absolute Gasteiger partial charge is 0.393 e. The first-order chi connectivity index (χ1) is 9.56. The lowest BCUT2D eigenvalue weighted by molar-refractivity contribution is -0.384. The summed E-state index contributed by atoms with van der Waals surface area (Å²) in [5.74, 6) is 0. The van der Waals surface area contributed by atoms with Crippen LogP contribution in [0.25, 0.3) is 0 Å². The Bertz CT molecular complexity index is 601. The maximum absolute atomic E-state index is 10.9. The lowest BCUT2D eigenvalue weighted by Gasteiger charge is -2.16. The third-order valence-electron chi connectivity index (χ3n) is 2.90. The first-order valence-electron chi connectivity index (χ1n) is 6.17. The minimum atomic E-state index is -0.461. The lowest BCUT2D eigenvalue weighted by Crippen LogP contribution is -2.18. The van der Waals surface area contributed by atoms with Gasteiger partial charge in [-0.25, -0.2) is 0 Å². The predicted molar refractivity (Wildman–Crippen MR) is 76.9 cm³/mol. The first-order valence-corrected chi connectivity index (χ1v) is 6.17. The van der Waals surface area contributed by atoms with E-state index in [2.05, 4.69) is 4.98 Å². The Morgan fingerprint density at radius 2 is 2.10 bits per heavy atom. The van der Waals surface area contributed by atoms with Gasteiger partial charge < -0.3 is 5.73 Å². The zero-order valence-corrected chi connectivity index (χ0v) is 11.2. The van der Waals surface area contributed by atoms with Gasteiger partial charge in [-0.05, 0) is 30.8 Å². The molecule has 0 fully saturated rings. The number of pyridine rings is 1. The number of anilines is 1. The summed E-state index contributed by atoms with van der Waals surface area (Å²) in [5, 5.41) is 10.9. The summed E-state index contributed by atoms with van der Waals surface area (Å²) in [6.07, 6.45) is 1.75. The second-order valence-electron chi connectivity index (χ2n) is 4.64. The van der Waals surface area contributed by atoms with Crippen molar-refractivity contribution in [3.63, 3.8) is 0 Å². The zero-order valence-electron chi connectivity index (χ0n) is 11.2. The Balaban J connectivity index is 2.06. The minimum Gasteiger partial charge on any atom is -0.393 e. The van der Waals surface area contributed by atoms with Crippen molar-refractivity contribution in [1.82, 2.24) is 9.88 Å². The molecule has 6 heteroatoms. The van der Waals surface area contributed by atoms with Crippen molar-refractivity contribution in [3.8, 4) is 0 Å². The summed E-state index contributed by atoms with van der Waals surface area (Å²) in [6, 6.07) is 10.6. The second-order valence-corrected chi connectivity index (χ2v) is 4.64. The summed E-state index contributed by atoms with van der Waals surface area (Å²) in [6.45, 7) is 1.27. The SMILES string of the molecule is CN(Cc1ccc(N)c([N+](=O)[O-])c1)Cc1ccccn1. The van der Waals surface area contributed by atoms with E-state index in [1.54, 1.807) is 18.3 Å². The molecule has 2 N–H and O–H groups in total. The zero-order chi connectivity index (χ0) is 14.5. The second kappa shape index (κ2) is 6.12. The molecule has 0 unspecified atom stereocenters. The number of benzene rings is 1. The molecule has 0 aliphatic heterocycles. The molecule has 1 aromatic heterocycles. The highest BCUT2D eigenvalue weighted by Gasteiger charge is 2.12. The maximum atomic E-state index is 10.9. The van der Waals surface area contributed by atoms with E-state index in [9.17, 15) is 10.1 Å². The van der Waals surface area contributed by atoms with E-state index in [1.165, 1.54) is 6.07 Å². The molecule has 0 saturated heterocycles. The van der Waals surface area contributed by atoms with Crippen LogP contribution in [0.15, 0.2) is 42.6 Å². The molecular weight excluding hydrogens is 256 g/mol. The number of nitro benzene ring substituents is 1. The van der Waals surface area contributed by atoms with Crippen LogP contribution in [0.1, 0.15) is 11.3 Å².